The number of benzene rings is 2. The van der Waals surface area contributed by atoms with Gasteiger partial charge in [-0.05, 0) is 31.0 Å². The van der Waals surface area contributed by atoms with E-state index in [4.69, 9.17) is 9.97 Å². The van der Waals surface area contributed by atoms with Crippen molar-refractivity contribution in [3.8, 4) is 0 Å². The summed E-state index contributed by atoms with van der Waals surface area (Å²) in [4.78, 5) is 23.1. The molecular weight excluding hydrogens is 386 g/mol. The monoisotopic (exact) mass is 407 g/mol. The van der Waals surface area contributed by atoms with Crippen molar-refractivity contribution in [2.24, 2.45) is 0 Å². The van der Waals surface area contributed by atoms with Gasteiger partial charge in [0.2, 0.25) is 5.91 Å². The van der Waals surface area contributed by atoms with Crippen LogP contribution in [0.1, 0.15) is 24.6 Å². The molecule has 0 spiro atoms. The van der Waals surface area contributed by atoms with Gasteiger partial charge in [-0.15, -0.1) is 18.3 Å². The van der Waals surface area contributed by atoms with Crippen molar-refractivity contribution in [3.63, 3.8) is 0 Å². The van der Waals surface area contributed by atoms with Crippen LogP contribution in [0.15, 0.2) is 71.1 Å². The Labute approximate surface area is 173 Å². The minimum atomic E-state index is -0.0349. The Kier molecular flexibility index (Phi) is 5.98. The number of para-hydroxylation sites is 2. The molecule has 3 aromatic rings. The summed E-state index contributed by atoms with van der Waals surface area (Å²) < 4.78 is 0. The first-order valence-corrected chi connectivity index (χ1v) is 11.2. The molecule has 1 fully saturated rings. The molecule has 4 rings (SSSR count). The molecule has 28 heavy (non-hydrogen) atoms. The van der Waals surface area contributed by atoms with Gasteiger partial charge in [0.05, 0.1) is 17.0 Å². The highest BCUT2D eigenvalue weighted by atomic mass is 32.2. The Bertz CT molecular complexity index is 1020. The van der Waals surface area contributed by atoms with E-state index in [1.165, 1.54) is 11.8 Å². The lowest BCUT2D eigenvalue weighted by atomic mass is 10.2. The van der Waals surface area contributed by atoms with Crippen molar-refractivity contribution in [3.05, 3.63) is 67.0 Å². The topological polar surface area (TPSA) is 54.9 Å². The number of carbonyl (C=O) groups excluding carboxylic acids is 1. The fourth-order valence-corrected chi connectivity index (χ4v) is 4.44. The summed E-state index contributed by atoms with van der Waals surface area (Å²) >= 11 is 3.13. The van der Waals surface area contributed by atoms with Crippen LogP contribution in [0.3, 0.4) is 0 Å². The summed E-state index contributed by atoms with van der Waals surface area (Å²) in [5, 5.41) is 4.92. The molecular formula is C22H21N3OS2. The number of anilines is 1. The first kappa shape index (κ1) is 19.0. The van der Waals surface area contributed by atoms with Gasteiger partial charge in [-0.3, -0.25) is 4.79 Å². The molecule has 0 unspecified atom stereocenters. The number of nitrogens with one attached hydrogen (secondary N) is 1. The molecule has 6 heteroatoms. The van der Waals surface area contributed by atoms with Crippen LogP contribution >= 0.6 is 23.5 Å². The minimum Gasteiger partial charge on any atom is -0.324 e. The SMILES string of the molecule is C=CCSc1ccccc1NC(=O)CSc1nc(C2CC2)nc2ccccc12. The van der Waals surface area contributed by atoms with Crippen molar-refractivity contribution in [2.75, 3.05) is 16.8 Å². The van der Waals surface area contributed by atoms with Crippen molar-refractivity contribution < 1.29 is 4.79 Å². The number of aromatic nitrogens is 2. The summed E-state index contributed by atoms with van der Waals surface area (Å²) in [6.07, 6.45) is 4.17. The van der Waals surface area contributed by atoms with Crippen LogP contribution < -0.4 is 5.32 Å². The number of fused-ring (bicyclic) bond motifs is 1. The second-order valence-electron chi connectivity index (χ2n) is 6.61. The van der Waals surface area contributed by atoms with E-state index in [-0.39, 0.29) is 5.91 Å². The standard InChI is InChI=1S/C22H21N3OS2/c1-2-13-27-19-10-6-5-9-18(19)23-20(26)14-28-22-16-7-3-4-8-17(16)24-21(25-22)15-11-12-15/h2-10,15H,1,11-14H2,(H,23,26). The molecule has 142 valence electrons. The third kappa shape index (κ3) is 4.56. The Balaban J connectivity index is 1.47. The largest absolute Gasteiger partial charge is 0.324 e. The summed E-state index contributed by atoms with van der Waals surface area (Å²) in [6, 6.07) is 15.9. The second kappa shape index (κ2) is 8.80. The van der Waals surface area contributed by atoms with Gasteiger partial charge in [0.1, 0.15) is 10.9 Å². The maximum absolute atomic E-state index is 12.6. The normalized spacial score (nSPS) is 13.4. The predicted octanol–water partition coefficient (Wildman–Crippen LogP) is 5.52. The zero-order chi connectivity index (χ0) is 19.3. The smallest absolute Gasteiger partial charge is 0.234 e. The lowest BCUT2D eigenvalue weighted by Crippen LogP contribution is -2.15. The quantitative estimate of drug-likeness (QED) is 0.303. The van der Waals surface area contributed by atoms with Gasteiger partial charge in [0.25, 0.3) is 0 Å². The second-order valence-corrected chi connectivity index (χ2v) is 8.64. The molecule has 4 nitrogen and oxygen atoms in total. The Morgan fingerprint density at radius 2 is 1.89 bits per heavy atom. The number of rotatable bonds is 8. The van der Waals surface area contributed by atoms with Crippen LogP contribution in [-0.4, -0.2) is 27.4 Å². The summed E-state index contributed by atoms with van der Waals surface area (Å²) in [7, 11) is 0. The fraction of sp³-hybridized carbons (Fsp3) is 0.227. The maximum atomic E-state index is 12.6. The van der Waals surface area contributed by atoms with Gasteiger partial charge in [-0.25, -0.2) is 9.97 Å². The molecule has 0 atom stereocenters. The summed E-state index contributed by atoms with van der Waals surface area (Å²) in [6.45, 7) is 3.75. The van der Waals surface area contributed by atoms with Gasteiger partial charge in [-0.2, -0.15) is 0 Å². The van der Waals surface area contributed by atoms with E-state index in [0.29, 0.717) is 11.7 Å². The number of hydrogen-bond donors (Lipinski definition) is 1. The average molecular weight is 408 g/mol. The van der Waals surface area contributed by atoms with E-state index >= 15 is 0 Å². The van der Waals surface area contributed by atoms with E-state index in [0.717, 1.165) is 50.9 Å². The van der Waals surface area contributed by atoms with E-state index < -0.39 is 0 Å². The zero-order valence-electron chi connectivity index (χ0n) is 15.4. The predicted molar refractivity (Wildman–Crippen MR) is 118 cm³/mol. The minimum absolute atomic E-state index is 0.0349. The first-order valence-electron chi connectivity index (χ1n) is 9.26. The molecule has 1 N–H and O–H groups in total. The third-order valence-electron chi connectivity index (χ3n) is 4.39. The highest BCUT2D eigenvalue weighted by Crippen LogP contribution is 2.39. The van der Waals surface area contributed by atoms with Gasteiger partial charge in [0, 0.05) is 22.0 Å². The molecule has 0 saturated heterocycles. The van der Waals surface area contributed by atoms with Crippen molar-refractivity contribution >= 4 is 46.0 Å². The molecule has 1 heterocycles. The Morgan fingerprint density at radius 1 is 1.11 bits per heavy atom. The van der Waals surface area contributed by atoms with Crippen molar-refractivity contribution in [1.82, 2.24) is 9.97 Å². The van der Waals surface area contributed by atoms with Crippen molar-refractivity contribution in [1.29, 1.82) is 0 Å². The molecule has 1 amide bonds. The number of amides is 1. The lowest BCUT2D eigenvalue weighted by molar-refractivity contribution is -0.113. The number of nitrogens with zero attached hydrogens (tertiary/aromatic N) is 2. The van der Waals surface area contributed by atoms with Gasteiger partial charge in [-0.1, -0.05) is 48.2 Å². The third-order valence-corrected chi connectivity index (χ3v) is 6.45. The lowest BCUT2D eigenvalue weighted by Gasteiger charge is -2.11. The van der Waals surface area contributed by atoms with Crippen LogP contribution in [0.5, 0.6) is 0 Å². The van der Waals surface area contributed by atoms with Gasteiger partial charge >= 0.3 is 0 Å². The molecule has 1 aromatic heterocycles. The molecule has 1 aliphatic carbocycles. The molecule has 1 aliphatic rings. The van der Waals surface area contributed by atoms with Crippen LogP contribution in [-0.2, 0) is 4.79 Å². The van der Waals surface area contributed by atoms with Crippen molar-refractivity contribution in [2.45, 2.75) is 28.7 Å². The fourth-order valence-electron chi connectivity index (χ4n) is 2.86. The van der Waals surface area contributed by atoms with Crippen LogP contribution in [0.25, 0.3) is 10.9 Å². The first-order chi connectivity index (χ1) is 13.7. The maximum Gasteiger partial charge on any atom is 0.234 e. The highest BCUT2D eigenvalue weighted by Gasteiger charge is 2.27. The van der Waals surface area contributed by atoms with Crippen LogP contribution in [0.2, 0.25) is 0 Å². The zero-order valence-corrected chi connectivity index (χ0v) is 17.1. The molecule has 1 saturated carbocycles. The van der Waals surface area contributed by atoms with Gasteiger partial charge < -0.3 is 5.32 Å². The number of hydrogen-bond acceptors (Lipinski definition) is 5. The number of thioether (sulfide) groups is 2. The Morgan fingerprint density at radius 3 is 2.71 bits per heavy atom. The van der Waals surface area contributed by atoms with E-state index in [1.54, 1.807) is 11.8 Å². The molecule has 2 aromatic carbocycles. The Hall–Kier alpha value is -2.31. The summed E-state index contributed by atoms with van der Waals surface area (Å²) in [5.74, 6) is 2.47. The number of carbonyl (C=O) groups is 1. The van der Waals surface area contributed by atoms with Gasteiger partial charge in [0.15, 0.2) is 0 Å². The van der Waals surface area contributed by atoms with E-state index in [1.807, 2.05) is 54.6 Å². The van der Waals surface area contributed by atoms with E-state index in [9.17, 15) is 4.79 Å². The molecule has 0 bridgehead atoms. The molecule has 0 radical (unpaired) electrons. The van der Waals surface area contributed by atoms with Crippen LogP contribution in [0.4, 0.5) is 5.69 Å². The summed E-state index contributed by atoms with van der Waals surface area (Å²) in [5.41, 5.74) is 1.79. The van der Waals surface area contributed by atoms with Crippen LogP contribution in [0, 0.1) is 0 Å². The highest BCUT2D eigenvalue weighted by molar-refractivity contribution is 8.00. The van der Waals surface area contributed by atoms with E-state index in [2.05, 4.69) is 11.9 Å². The molecule has 0 aliphatic heterocycles. The average Bonchev–Trinajstić information content (AvgIpc) is 3.56.